The maximum absolute atomic E-state index is 9.65. The van der Waals surface area contributed by atoms with E-state index in [1.54, 1.807) is 0 Å². The van der Waals surface area contributed by atoms with Gasteiger partial charge in [-0.2, -0.15) is 0 Å². The van der Waals surface area contributed by atoms with Gasteiger partial charge in [-0.1, -0.05) is 26.0 Å². The fourth-order valence-corrected chi connectivity index (χ4v) is 1.49. The van der Waals surface area contributed by atoms with Gasteiger partial charge < -0.3 is 9.84 Å². The van der Waals surface area contributed by atoms with Crippen molar-refractivity contribution in [2.75, 3.05) is 6.61 Å². The SMILES string of the molecule is Cc1ccc(C)c(OCCC(O)C(C)C)c1. The molecule has 1 rings (SSSR count). The molecule has 0 radical (unpaired) electrons. The zero-order valence-corrected chi connectivity index (χ0v) is 10.7. The summed E-state index contributed by atoms with van der Waals surface area (Å²) in [5.74, 6) is 1.22. The molecule has 2 heteroatoms. The van der Waals surface area contributed by atoms with Crippen molar-refractivity contribution in [1.82, 2.24) is 0 Å². The van der Waals surface area contributed by atoms with Crippen LogP contribution in [0.1, 0.15) is 31.4 Å². The van der Waals surface area contributed by atoms with Crippen LogP contribution in [-0.4, -0.2) is 17.8 Å². The Balaban J connectivity index is 2.45. The van der Waals surface area contributed by atoms with Gasteiger partial charge in [0.05, 0.1) is 12.7 Å². The molecule has 0 saturated heterocycles. The number of rotatable bonds is 5. The third kappa shape index (κ3) is 3.86. The summed E-state index contributed by atoms with van der Waals surface area (Å²) in [6, 6.07) is 6.17. The molecule has 16 heavy (non-hydrogen) atoms. The highest BCUT2D eigenvalue weighted by molar-refractivity contribution is 5.35. The third-order valence-corrected chi connectivity index (χ3v) is 2.78. The molecule has 0 heterocycles. The predicted molar refractivity (Wildman–Crippen MR) is 66.9 cm³/mol. The van der Waals surface area contributed by atoms with Crippen LogP contribution in [0.3, 0.4) is 0 Å². The van der Waals surface area contributed by atoms with Crippen LogP contribution in [-0.2, 0) is 0 Å². The predicted octanol–water partition coefficient (Wildman–Crippen LogP) is 3.09. The molecule has 0 fully saturated rings. The first-order chi connectivity index (χ1) is 7.50. The van der Waals surface area contributed by atoms with Crippen molar-refractivity contribution in [2.24, 2.45) is 5.92 Å². The minimum atomic E-state index is -0.273. The minimum Gasteiger partial charge on any atom is -0.493 e. The van der Waals surface area contributed by atoms with Gasteiger partial charge in [0.1, 0.15) is 5.75 Å². The number of aliphatic hydroxyl groups excluding tert-OH is 1. The lowest BCUT2D eigenvalue weighted by molar-refractivity contribution is 0.0975. The van der Waals surface area contributed by atoms with Crippen molar-refractivity contribution in [3.63, 3.8) is 0 Å². The average Bonchev–Trinajstić information content (AvgIpc) is 2.22. The average molecular weight is 222 g/mol. The quantitative estimate of drug-likeness (QED) is 0.829. The second kappa shape index (κ2) is 5.90. The molecule has 0 aliphatic heterocycles. The van der Waals surface area contributed by atoms with Crippen molar-refractivity contribution < 1.29 is 9.84 Å². The van der Waals surface area contributed by atoms with Gasteiger partial charge in [0.15, 0.2) is 0 Å². The Labute approximate surface area is 98.3 Å². The van der Waals surface area contributed by atoms with Crippen LogP contribution in [0.5, 0.6) is 5.75 Å². The van der Waals surface area contributed by atoms with Crippen LogP contribution < -0.4 is 4.74 Å². The molecule has 0 aliphatic rings. The first-order valence-corrected chi connectivity index (χ1v) is 5.89. The van der Waals surface area contributed by atoms with Crippen molar-refractivity contribution in [3.8, 4) is 5.75 Å². The van der Waals surface area contributed by atoms with E-state index >= 15 is 0 Å². The van der Waals surface area contributed by atoms with Crippen molar-refractivity contribution in [3.05, 3.63) is 29.3 Å². The zero-order chi connectivity index (χ0) is 12.1. The van der Waals surface area contributed by atoms with E-state index in [1.165, 1.54) is 5.56 Å². The van der Waals surface area contributed by atoms with Gasteiger partial charge in [-0.3, -0.25) is 0 Å². The van der Waals surface area contributed by atoms with Crippen LogP contribution >= 0.6 is 0 Å². The molecule has 1 N–H and O–H groups in total. The van der Waals surface area contributed by atoms with Gasteiger partial charge in [0, 0.05) is 6.42 Å². The van der Waals surface area contributed by atoms with Crippen molar-refractivity contribution in [1.29, 1.82) is 0 Å². The fraction of sp³-hybridized carbons (Fsp3) is 0.571. The number of hydrogen-bond donors (Lipinski definition) is 1. The number of aliphatic hydroxyl groups is 1. The van der Waals surface area contributed by atoms with Gasteiger partial charge >= 0.3 is 0 Å². The molecular weight excluding hydrogens is 200 g/mol. The molecule has 0 amide bonds. The van der Waals surface area contributed by atoms with Gasteiger partial charge in [-0.05, 0) is 37.0 Å². The molecule has 1 unspecified atom stereocenters. The molecule has 1 atom stereocenters. The Morgan fingerprint density at radius 1 is 1.25 bits per heavy atom. The highest BCUT2D eigenvalue weighted by Crippen LogP contribution is 2.19. The van der Waals surface area contributed by atoms with E-state index in [2.05, 4.69) is 19.1 Å². The Morgan fingerprint density at radius 2 is 1.94 bits per heavy atom. The number of aryl methyl sites for hydroxylation is 2. The van der Waals surface area contributed by atoms with E-state index in [4.69, 9.17) is 4.74 Å². The Kier molecular flexibility index (Phi) is 4.81. The smallest absolute Gasteiger partial charge is 0.122 e. The van der Waals surface area contributed by atoms with E-state index < -0.39 is 0 Å². The standard InChI is InChI=1S/C14H22O2/c1-10(2)13(15)7-8-16-14-9-11(3)5-6-12(14)4/h5-6,9-10,13,15H,7-8H2,1-4H3. The second-order valence-electron chi connectivity index (χ2n) is 4.72. The molecule has 0 aromatic heterocycles. The maximum Gasteiger partial charge on any atom is 0.122 e. The number of benzene rings is 1. The second-order valence-corrected chi connectivity index (χ2v) is 4.72. The lowest BCUT2D eigenvalue weighted by atomic mass is 10.1. The molecule has 0 saturated carbocycles. The molecule has 0 bridgehead atoms. The molecule has 1 aromatic carbocycles. The van der Waals surface area contributed by atoms with Crippen molar-refractivity contribution in [2.45, 2.75) is 40.2 Å². The first kappa shape index (κ1) is 13.0. The van der Waals surface area contributed by atoms with Crippen LogP contribution in [0.25, 0.3) is 0 Å². The lowest BCUT2D eigenvalue weighted by Crippen LogP contribution is -2.18. The lowest BCUT2D eigenvalue weighted by Gasteiger charge is -2.15. The van der Waals surface area contributed by atoms with E-state index in [9.17, 15) is 5.11 Å². The number of ether oxygens (including phenoxy) is 1. The van der Waals surface area contributed by atoms with Gasteiger partial charge in [-0.15, -0.1) is 0 Å². The Hall–Kier alpha value is -1.02. The Morgan fingerprint density at radius 3 is 2.56 bits per heavy atom. The van der Waals surface area contributed by atoms with E-state index in [-0.39, 0.29) is 6.10 Å². The van der Waals surface area contributed by atoms with E-state index in [0.29, 0.717) is 18.9 Å². The normalized spacial score (nSPS) is 12.9. The summed E-state index contributed by atoms with van der Waals surface area (Å²) in [6.07, 6.45) is 0.413. The maximum atomic E-state index is 9.65. The summed E-state index contributed by atoms with van der Waals surface area (Å²) in [5, 5.41) is 9.65. The van der Waals surface area contributed by atoms with Crippen LogP contribution in [0, 0.1) is 19.8 Å². The van der Waals surface area contributed by atoms with E-state index in [0.717, 1.165) is 11.3 Å². The first-order valence-electron chi connectivity index (χ1n) is 5.89. The summed E-state index contributed by atoms with van der Waals surface area (Å²) >= 11 is 0. The molecular formula is C14H22O2. The molecule has 90 valence electrons. The van der Waals surface area contributed by atoms with Crippen LogP contribution in [0.2, 0.25) is 0 Å². The van der Waals surface area contributed by atoms with Crippen LogP contribution in [0.15, 0.2) is 18.2 Å². The van der Waals surface area contributed by atoms with Gasteiger partial charge in [0.2, 0.25) is 0 Å². The zero-order valence-electron chi connectivity index (χ0n) is 10.7. The fourth-order valence-electron chi connectivity index (χ4n) is 1.49. The highest BCUT2D eigenvalue weighted by Gasteiger charge is 2.09. The van der Waals surface area contributed by atoms with Crippen molar-refractivity contribution >= 4 is 0 Å². The topological polar surface area (TPSA) is 29.5 Å². The summed E-state index contributed by atoms with van der Waals surface area (Å²) < 4.78 is 5.68. The third-order valence-electron chi connectivity index (χ3n) is 2.78. The summed E-state index contributed by atoms with van der Waals surface area (Å²) in [4.78, 5) is 0. The highest BCUT2D eigenvalue weighted by atomic mass is 16.5. The molecule has 0 aliphatic carbocycles. The summed E-state index contributed by atoms with van der Waals surface area (Å²) in [6.45, 7) is 8.69. The minimum absolute atomic E-state index is 0.273. The molecule has 0 spiro atoms. The molecule has 2 nitrogen and oxygen atoms in total. The molecule has 1 aromatic rings. The van der Waals surface area contributed by atoms with Crippen LogP contribution in [0.4, 0.5) is 0 Å². The Bertz CT molecular complexity index is 332. The summed E-state index contributed by atoms with van der Waals surface area (Å²) in [5.41, 5.74) is 2.34. The number of hydrogen-bond acceptors (Lipinski definition) is 2. The van der Waals surface area contributed by atoms with Gasteiger partial charge in [0.25, 0.3) is 0 Å². The van der Waals surface area contributed by atoms with E-state index in [1.807, 2.05) is 26.8 Å². The van der Waals surface area contributed by atoms with Gasteiger partial charge in [-0.25, -0.2) is 0 Å². The summed E-state index contributed by atoms with van der Waals surface area (Å²) in [7, 11) is 0. The monoisotopic (exact) mass is 222 g/mol. The largest absolute Gasteiger partial charge is 0.493 e.